The zero-order valence-electron chi connectivity index (χ0n) is 11.5. The van der Waals surface area contributed by atoms with Crippen molar-refractivity contribution in [3.8, 4) is 0 Å². The fraction of sp³-hybridized carbons (Fsp3) is 0.500. The summed E-state index contributed by atoms with van der Waals surface area (Å²) in [7, 11) is 3.83. The molecule has 1 amide bonds. The summed E-state index contributed by atoms with van der Waals surface area (Å²) in [6, 6.07) is 3.67. The number of aliphatic hydroxyl groups excluding tert-OH is 1. The summed E-state index contributed by atoms with van der Waals surface area (Å²) < 4.78 is 13.0. The maximum absolute atomic E-state index is 13.0. The number of amides is 1. The van der Waals surface area contributed by atoms with Crippen molar-refractivity contribution in [3.05, 3.63) is 34.6 Å². The first-order valence-corrected chi connectivity index (χ1v) is 6.85. The second-order valence-corrected chi connectivity index (χ2v) is 5.79. The maximum Gasteiger partial charge on any atom is 0.255 e. The summed E-state index contributed by atoms with van der Waals surface area (Å²) >= 11 is 5.93. The third-order valence-corrected chi connectivity index (χ3v) is 3.70. The van der Waals surface area contributed by atoms with E-state index < -0.39 is 11.9 Å². The number of rotatable bonds is 3. The predicted molar refractivity (Wildman–Crippen MR) is 75.4 cm³/mol. The Bertz CT molecular complexity index is 510. The third-order valence-electron chi connectivity index (χ3n) is 3.39. The summed E-state index contributed by atoms with van der Waals surface area (Å²) in [6.07, 6.45) is 0.0195. The number of carbonyl (C=O) groups excluding carboxylic acids is 1. The van der Waals surface area contributed by atoms with Crippen LogP contribution in [0.15, 0.2) is 18.2 Å². The topological polar surface area (TPSA) is 43.8 Å². The minimum Gasteiger partial charge on any atom is -0.391 e. The van der Waals surface area contributed by atoms with Crippen molar-refractivity contribution in [1.29, 1.82) is 0 Å². The number of likely N-dealkylation sites (tertiary alicyclic amines) is 1. The van der Waals surface area contributed by atoms with Crippen molar-refractivity contribution in [2.24, 2.45) is 0 Å². The van der Waals surface area contributed by atoms with Gasteiger partial charge in [-0.25, -0.2) is 4.39 Å². The lowest BCUT2D eigenvalue weighted by atomic mass is 10.1. The highest BCUT2D eigenvalue weighted by Crippen LogP contribution is 2.25. The molecular formula is C14H18ClFN2O2. The SMILES string of the molecule is CN(C)CC1CC(O)CN1C(=O)c1ccc(F)cc1Cl. The van der Waals surface area contributed by atoms with Crippen LogP contribution in [-0.2, 0) is 0 Å². The van der Waals surface area contributed by atoms with Crippen LogP contribution >= 0.6 is 11.6 Å². The second kappa shape index (κ2) is 6.08. The van der Waals surface area contributed by atoms with Gasteiger partial charge in [0.15, 0.2) is 0 Å². The van der Waals surface area contributed by atoms with Crippen molar-refractivity contribution in [2.75, 3.05) is 27.2 Å². The van der Waals surface area contributed by atoms with E-state index >= 15 is 0 Å². The van der Waals surface area contributed by atoms with Crippen molar-refractivity contribution in [3.63, 3.8) is 0 Å². The van der Waals surface area contributed by atoms with E-state index in [4.69, 9.17) is 11.6 Å². The Labute approximate surface area is 122 Å². The van der Waals surface area contributed by atoms with Crippen LogP contribution in [0.3, 0.4) is 0 Å². The maximum atomic E-state index is 13.0. The van der Waals surface area contributed by atoms with Gasteiger partial charge < -0.3 is 14.9 Å². The largest absolute Gasteiger partial charge is 0.391 e. The smallest absolute Gasteiger partial charge is 0.255 e. The van der Waals surface area contributed by atoms with E-state index in [-0.39, 0.29) is 29.1 Å². The van der Waals surface area contributed by atoms with Crippen LogP contribution in [0.4, 0.5) is 4.39 Å². The average molecular weight is 301 g/mol. The lowest BCUT2D eigenvalue weighted by molar-refractivity contribution is 0.0699. The number of hydrogen-bond acceptors (Lipinski definition) is 3. The molecule has 1 aliphatic heterocycles. The van der Waals surface area contributed by atoms with Gasteiger partial charge in [0, 0.05) is 19.1 Å². The fourth-order valence-corrected chi connectivity index (χ4v) is 2.80. The van der Waals surface area contributed by atoms with E-state index in [2.05, 4.69) is 0 Å². The molecule has 1 saturated heterocycles. The first-order chi connectivity index (χ1) is 9.38. The Morgan fingerprint density at radius 2 is 2.25 bits per heavy atom. The number of nitrogens with zero attached hydrogens (tertiary/aromatic N) is 2. The van der Waals surface area contributed by atoms with Crippen molar-refractivity contribution >= 4 is 17.5 Å². The molecular weight excluding hydrogens is 283 g/mol. The van der Waals surface area contributed by atoms with E-state index in [1.165, 1.54) is 12.1 Å². The number of carbonyl (C=O) groups is 1. The van der Waals surface area contributed by atoms with Crippen molar-refractivity contribution in [2.45, 2.75) is 18.6 Å². The molecule has 110 valence electrons. The predicted octanol–water partition coefficient (Wildman–Crippen LogP) is 1.62. The van der Waals surface area contributed by atoms with Gasteiger partial charge in [-0.05, 0) is 38.7 Å². The number of likely N-dealkylation sites (N-methyl/N-ethyl adjacent to an activating group) is 1. The molecule has 6 heteroatoms. The highest BCUT2D eigenvalue weighted by molar-refractivity contribution is 6.33. The van der Waals surface area contributed by atoms with Gasteiger partial charge in [0.2, 0.25) is 0 Å². The van der Waals surface area contributed by atoms with E-state index in [9.17, 15) is 14.3 Å². The van der Waals surface area contributed by atoms with Crippen LogP contribution < -0.4 is 0 Å². The van der Waals surface area contributed by atoms with E-state index in [0.29, 0.717) is 13.0 Å². The molecule has 1 aliphatic rings. The standard InChI is InChI=1S/C14H18ClFN2O2/c1-17(2)7-10-6-11(19)8-18(10)14(20)12-4-3-9(16)5-13(12)15/h3-5,10-11,19H,6-8H2,1-2H3. The first-order valence-electron chi connectivity index (χ1n) is 6.47. The summed E-state index contributed by atoms with van der Waals surface area (Å²) in [5, 5.41) is 9.88. The Balaban J connectivity index is 2.22. The minimum atomic E-state index is -0.525. The van der Waals surface area contributed by atoms with Crippen LogP contribution in [0.5, 0.6) is 0 Å². The van der Waals surface area contributed by atoms with E-state index in [1.807, 2.05) is 19.0 Å². The van der Waals surface area contributed by atoms with E-state index in [1.54, 1.807) is 4.90 Å². The van der Waals surface area contributed by atoms with Crippen LogP contribution in [0.1, 0.15) is 16.8 Å². The minimum absolute atomic E-state index is 0.0615. The molecule has 1 fully saturated rings. The van der Waals surface area contributed by atoms with Gasteiger partial charge in [-0.2, -0.15) is 0 Å². The fourth-order valence-electron chi connectivity index (χ4n) is 2.55. The molecule has 2 rings (SSSR count). The molecule has 20 heavy (non-hydrogen) atoms. The molecule has 0 spiro atoms. The molecule has 1 N–H and O–H groups in total. The number of benzene rings is 1. The summed E-state index contributed by atoms with van der Waals surface area (Å²) in [5.41, 5.74) is 0.269. The van der Waals surface area contributed by atoms with Gasteiger partial charge in [-0.1, -0.05) is 11.6 Å². The van der Waals surface area contributed by atoms with E-state index in [0.717, 1.165) is 6.07 Å². The number of β-amino-alcohol motifs (C(OH)–C–C–N with tert-alkyl or cyclic N) is 1. The third kappa shape index (κ3) is 3.29. The summed E-state index contributed by atoms with van der Waals surface area (Å²) in [5.74, 6) is -0.740. The van der Waals surface area contributed by atoms with Gasteiger partial charge >= 0.3 is 0 Å². The Kier molecular flexibility index (Phi) is 4.62. The van der Waals surface area contributed by atoms with Gasteiger partial charge in [0.05, 0.1) is 16.7 Å². The Hall–Kier alpha value is -1.17. The molecule has 0 aromatic heterocycles. The molecule has 1 aromatic carbocycles. The number of aliphatic hydroxyl groups is 1. The Morgan fingerprint density at radius 3 is 2.85 bits per heavy atom. The summed E-state index contributed by atoms with van der Waals surface area (Å²) in [4.78, 5) is 16.1. The first kappa shape index (κ1) is 15.2. The van der Waals surface area contributed by atoms with Crippen LogP contribution in [0.25, 0.3) is 0 Å². The number of hydrogen-bond donors (Lipinski definition) is 1. The molecule has 0 saturated carbocycles. The van der Waals surface area contributed by atoms with Gasteiger partial charge in [0.1, 0.15) is 5.82 Å². The molecule has 0 aliphatic carbocycles. The second-order valence-electron chi connectivity index (χ2n) is 5.39. The highest BCUT2D eigenvalue weighted by Gasteiger charge is 2.35. The normalized spacial score (nSPS) is 22.6. The highest BCUT2D eigenvalue weighted by atomic mass is 35.5. The zero-order valence-corrected chi connectivity index (χ0v) is 12.3. The summed E-state index contributed by atoms with van der Waals surface area (Å²) in [6.45, 7) is 0.951. The number of halogens is 2. The molecule has 1 heterocycles. The quantitative estimate of drug-likeness (QED) is 0.922. The van der Waals surface area contributed by atoms with Crippen molar-refractivity contribution in [1.82, 2.24) is 9.80 Å². The molecule has 0 radical (unpaired) electrons. The molecule has 2 unspecified atom stereocenters. The van der Waals surface area contributed by atoms with Gasteiger partial charge in [0.25, 0.3) is 5.91 Å². The van der Waals surface area contributed by atoms with Gasteiger partial charge in [-0.3, -0.25) is 4.79 Å². The van der Waals surface area contributed by atoms with Crippen LogP contribution in [-0.4, -0.2) is 60.1 Å². The van der Waals surface area contributed by atoms with Crippen LogP contribution in [0.2, 0.25) is 5.02 Å². The monoisotopic (exact) mass is 300 g/mol. The molecule has 1 aromatic rings. The average Bonchev–Trinajstić information content (AvgIpc) is 2.68. The zero-order chi connectivity index (χ0) is 14.9. The lowest BCUT2D eigenvalue weighted by Gasteiger charge is -2.27. The van der Waals surface area contributed by atoms with Crippen LogP contribution in [0, 0.1) is 5.82 Å². The molecule has 4 nitrogen and oxygen atoms in total. The molecule has 2 atom stereocenters. The molecule has 0 bridgehead atoms. The van der Waals surface area contributed by atoms with Crippen molar-refractivity contribution < 1.29 is 14.3 Å². The lowest BCUT2D eigenvalue weighted by Crippen LogP contribution is -2.41. The Morgan fingerprint density at radius 1 is 1.55 bits per heavy atom. The van der Waals surface area contributed by atoms with Gasteiger partial charge in [-0.15, -0.1) is 0 Å².